The van der Waals surface area contributed by atoms with E-state index in [4.69, 9.17) is 18.5 Å². The molecule has 1 aromatic carbocycles. The van der Waals surface area contributed by atoms with Crippen molar-refractivity contribution in [3.05, 3.63) is 29.8 Å². The van der Waals surface area contributed by atoms with Gasteiger partial charge in [-0.15, -0.1) is 0 Å². The number of hydrogen-bond donors (Lipinski definition) is 2. The summed E-state index contributed by atoms with van der Waals surface area (Å²) in [7, 11) is 2.21. The van der Waals surface area contributed by atoms with Crippen LogP contribution in [0.3, 0.4) is 0 Å². The quantitative estimate of drug-likeness (QED) is 0.0783. The van der Waals surface area contributed by atoms with Gasteiger partial charge in [0.2, 0.25) is 0 Å². The van der Waals surface area contributed by atoms with E-state index >= 15 is 0 Å². The molecule has 2 N–H and O–H groups in total. The molecule has 0 heterocycles. The molecule has 0 aromatic heterocycles. The first-order valence-corrected chi connectivity index (χ1v) is 16.0. The van der Waals surface area contributed by atoms with Crippen LogP contribution in [0.25, 0.3) is 0 Å². The predicted octanol–water partition coefficient (Wildman–Crippen LogP) is 6.03. The molecule has 0 fully saturated rings. The summed E-state index contributed by atoms with van der Waals surface area (Å²) in [5.41, 5.74) is 1.31. The molecule has 1 aromatic rings. The molecule has 1 rings (SSSR count). The second-order valence-corrected chi connectivity index (χ2v) is 11.5. The first-order chi connectivity index (χ1) is 18.5. The first kappa shape index (κ1) is 34.8. The van der Waals surface area contributed by atoms with Crippen molar-refractivity contribution >= 4 is 15.1 Å². The standard InChI is InChI=1S/C30H54NO6P/c1-4-5-6-7-8-9-10-11-12-13-14-15-18-28-19-21-29(22-20-28)34-25-30(35-27-32)26-37-38(33)36-24-17-16-23-31(2)3/h19-22,27,30,33H,4-18,23-26H2,1-3H3/p+1. The average Bonchev–Trinajstić information content (AvgIpc) is 2.91. The summed E-state index contributed by atoms with van der Waals surface area (Å²) in [4.78, 5) is 22.1. The van der Waals surface area contributed by atoms with Gasteiger partial charge >= 0.3 is 8.60 Å². The van der Waals surface area contributed by atoms with Crippen LogP contribution < -0.4 is 9.64 Å². The van der Waals surface area contributed by atoms with Gasteiger partial charge in [-0.2, -0.15) is 0 Å². The second-order valence-electron chi connectivity index (χ2n) is 10.5. The van der Waals surface area contributed by atoms with Gasteiger partial charge in [0.25, 0.3) is 6.47 Å². The molecule has 2 unspecified atom stereocenters. The molecule has 0 aliphatic heterocycles. The van der Waals surface area contributed by atoms with E-state index in [0.717, 1.165) is 25.8 Å². The number of hydrogen-bond acceptors (Lipinski definition) is 6. The second kappa shape index (κ2) is 24.8. The minimum absolute atomic E-state index is 0.0137. The van der Waals surface area contributed by atoms with Crippen molar-refractivity contribution in [2.24, 2.45) is 0 Å². The van der Waals surface area contributed by atoms with Crippen molar-refractivity contribution in [3.8, 4) is 5.75 Å². The maximum absolute atomic E-state index is 10.8. The fourth-order valence-electron chi connectivity index (χ4n) is 4.22. The minimum atomic E-state index is -2.00. The molecule has 0 bridgehead atoms. The highest BCUT2D eigenvalue weighted by atomic mass is 31.2. The third-order valence-corrected chi connectivity index (χ3v) is 7.34. The summed E-state index contributed by atoms with van der Waals surface area (Å²) in [5, 5.41) is 0. The van der Waals surface area contributed by atoms with Gasteiger partial charge in [-0.05, 0) is 43.4 Å². The zero-order valence-corrected chi connectivity index (χ0v) is 25.2. The Labute approximate surface area is 233 Å². The number of aryl methyl sites for hydroxylation is 1. The Bertz CT molecular complexity index is 661. The smallest absolute Gasteiger partial charge is 0.329 e. The molecule has 8 heteroatoms. The number of benzene rings is 1. The molecular formula is C30H55NO6P+. The van der Waals surface area contributed by atoms with E-state index < -0.39 is 14.7 Å². The third kappa shape index (κ3) is 20.7. The van der Waals surface area contributed by atoms with E-state index in [9.17, 15) is 9.69 Å². The Morgan fingerprint density at radius 1 is 0.816 bits per heavy atom. The lowest BCUT2D eigenvalue weighted by Gasteiger charge is -2.18. The summed E-state index contributed by atoms with van der Waals surface area (Å²) in [6.07, 6.45) is 18.7. The molecule has 0 radical (unpaired) electrons. The van der Waals surface area contributed by atoms with Gasteiger partial charge in [0, 0.05) is 0 Å². The Morgan fingerprint density at radius 2 is 1.42 bits per heavy atom. The molecule has 0 spiro atoms. The summed E-state index contributed by atoms with van der Waals surface area (Å²) in [6.45, 7) is 4.30. The van der Waals surface area contributed by atoms with E-state index in [1.165, 1.54) is 87.5 Å². The number of carbonyl (C=O) groups excluding carboxylic acids is 1. The van der Waals surface area contributed by atoms with Crippen LogP contribution in [-0.4, -0.2) is 57.9 Å². The average molecular weight is 557 g/mol. The lowest BCUT2D eigenvalue weighted by Crippen LogP contribution is -3.05. The van der Waals surface area contributed by atoms with E-state index in [1.807, 2.05) is 12.1 Å². The Kier molecular flexibility index (Phi) is 22.7. The van der Waals surface area contributed by atoms with E-state index in [2.05, 4.69) is 33.2 Å². The van der Waals surface area contributed by atoms with Gasteiger partial charge in [-0.25, -0.2) is 0 Å². The monoisotopic (exact) mass is 556 g/mol. The van der Waals surface area contributed by atoms with Crippen molar-refractivity contribution in [1.29, 1.82) is 0 Å². The maximum Gasteiger partial charge on any atom is 0.329 e. The molecule has 38 heavy (non-hydrogen) atoms. The molecule has 2 atom stereocenters. The van der Waals surface area contributed by atoms with Crippen molar-refractivity contribution in [1.82, 2.24) is 0 Å². The number of nitrogens with one attached hydrogen (secondary N) is 1. The van der Waals surface area contributed by atoms with Gasteiger partial charge in [-0.3, -0.25) is 4.79 Å². The zero-order valence-electron chi connectivity index (χ0n) is 24.3. The third-order valence-electron chi connectivity index (χ3n) is 6.57. The van der Waals surface area contributed by atoms with E-state index in [-0.39, 0.29) is 13.2 Å². The SMILES string of the molecule is CCCCCCCCCCCCCCc1ccc(OCC(COP(O)OCCCC[NH+](C)C)OC=O)cc1. The summed E-state index contributed by atoms with van der Waals surface area (Å²) < 4.78 is 21.5. The van der Waals surface area contributed by atoms with Gasteiger partial charge in [0.1, 0.15) is 12.4 Å². The molecular weight excluding hydrogens is 501 g/mol. The Balaban J connectivity index is 2.13. The molecule has 0 amide bonds. The van der Waals surface area contributed by atoms with Crippen LogP contribution in [-0.2, 0) is 25.0 Å². The number of carbonyl (C=O) groups is 1. The van der Waals surface area contributed by atoms with Gasteiger partial charge < -0.3 is 28.3 Å². The molecule has 220 valence electrons. The fourth-order valence-corrected chi connectivity index (χ4v) is 4.88. The van der Waals surface area contributed by atoms with Crippen LogP contribution in [0.4, 0.5) is 0 Å². The predicted molar refractivity (Wildman–Crippen MR) is 156 cm³/mol. The van der Waals surface area contributed by atoms with Crippen molar-refractivity contribution in [2.75, 3.05) is 40.5 Å². The number of rotatable bonds is 27. The summed E-state index contributed by atoms with van der Waals surface area (Å²) >= 11 is 0. The highest BCUT2D eigenvalue weighted by Gasteiger charge is 2.16. The molecule has 0 saturated heterocycles. The van der Waals surface area contributed by atoms with Crippen molar-refractivity contribution in [3.63, 3.8) is 0 Å². The Hall–Kier alpha value is -1.24. The summed E-state index contributed by atoms with van der Waals surface area (Å²) in [5.74, 6) is 0.716. The van der Waals surface area contributed by atoms with Crippen LogP contribution in [0.2, 0.25) is 0 Å². The molecule has 0 aliphatic carbocycles. The van der Waals surface area contributed by atoms with Crippen LogP contribution >= 0.6 is 8.60 Å². The van der Waals surface area contributed by atoms with Crippen LogP contribution in [0, 0.1) is 0 Å². The van der Waals surface area contributed by atoms with Gasteiger partial charge in [0.15, 0.2) is 6.10 Å². The zero-order chi connectivity index (χ0) is 27.7. The number of quaternary nitrogens is 1. The van der Waals surface area contributed by atoms with Crippen LogP contribution in [0.1, 0.15) is 102 Å². The van der Waals surface area contributed by atoms with Crippen LogP contribution in [0.15, 0.2) is 24.3 Å². The van der Waals surface area contributed by atoms with E-state index in [1.54, 1.807) is 0 Å². The largest absolute Gasteiger partial charge is 0.490 e. The normalized spacial score (nSPS) is 13.0. The fraction of sp³-hybridized carbons (Fsp3) is 0.767. The lowest BCUT2D eigenvalue weighted by molar-refractivity contribution is -0.858. The molecule has 7 nitrogen and oxygen atoms in total. The molecule has 0 aliphatic rings. The molecule has 0 saturated carbocycles. The highest BCUT2D eigenvalue weighted by molar-refractivity contribution is 7.40. The van der Waals surface area contributed by atoms with Gasteiger partial charge in [-0.1, -0.05) is 89.7 Å². The summed E-state index contributed by atoms with van der Waals surface area (Å²) in [6, 6.07) is 8.09. The maximum atomic E-state index is 10.8. The minimum Gasteiger partial charge on any atom is -0.490 e. The van der Waals surface area contributed by atoms with Crippen LogP contribution in [0.5, 0.6) is 5.75 Å². The lowest BCUT2D eigenvalue weighted by atomic mass is 10.0. The van der Waals surface area contributed by atoms with E-state index in [0.29, 0.717) is 18.8 Å². The number of ether oxygens (including phenoxy) is 2. The topological polar surface area (TPSA) is 78.7 Å². The van der Waals surface area contributed by atoms with Crippen molar-refractivity contribution < 1.29 is 33.1 Å². The number of unbranched alkanes of at least 4 members (excludes halogenated alkanes) is 12. The Morgan fingerprint density at radius 3 is 2.00 bits per heavy atom. The van der Waals surface area contributed by atoms with Crippen molar-refractivity contribution in [2.45, 2.75) is 109 Å². The first-order valence-electron chi connectivity index (χ1n) is 14.9. The van der Waals surface area contributed by atoms with Gasteiger partial charge in [0.05, 0.1) is 33.9 Å². The highest BCUT2D eigenvalue weighted by Crippen LogP contribution is 2.33.